The van der Waals surface area contributed by atoms with Crippen LogP contribution in [0.5, 0.6) is 0 Å². The molecule has 3 nitrogen and oxygen atoms in total. The van der Waals surface area contributed by atoms with E-state index in [4.69, 9.17) is 11.1 Å². The summed E-state index contributed by atoms with van der Waals surface area (Å²) in [7, 11) is 0. The molecule has 1 rings (SSSR count). The first-order chi connectivity index (χ1) is 8.95. The molecular weight excluding hydrogens is 254 g/mol. The lowest BCUT2D eigenvalue weighted by atomic mass is 9.86. The predicted octanol–water partition coefficient (Wildman–Crippen LogP) is 3.70. The quantitative estimate of drug-likeness (QED) is 0.412. The lowest BCUT2D eigenvalue weighted by Crippen LogP contribution is -2.31. The molecule has 0 aliphatic heterocycles. The summed E-state index contributed by atoms with van der Waals surface area (Å²) in [5, 5.41) is 9.69. The molecule has 0 unspecified atom stereocenters. The summed E-state index contributed by atoms with van der Waals surface area (Å²) in [6.07, 6.45) is 3.31. The van der Waals surface area contributed by atoms with E-state index in [9.17, 15) is 0 Å². The number of unbranched alkanes of at least 4 members (excludes halogenated alkanes) is 1. The number of nitrogens with zero attached hydrogens (tertiary/aromatic N) is 1. The Balaban J connectivity index is 2.25. The Hall–Kier alpha value is -0.870. The molecule has 0 saturated carbocycles. The molecule has 108 valence electrons. The van der Waals surface area contributed by atoms with Gasteiger partial charge in [-0.25, -0.2) is 0 Å². The van der Waals surface area contributed by atoms with Crippen LogP contribution in [-0.2, 0) is 6.54 Å². The molecule has 4 heteroatoms. The maximum Gasteiger partial charge on any atom is 0.0963 e. The fraction of sp³-hybridized carbons (Fsp3) is 0.667. The smallest absolute Gasteiger partial charge is 0.0963 e. The Morgan fingerprint density at radius 1 is 1.42 bits per heavy atom. The zero-order valence-electron chi connectivity index (χ0n) is 12.4. The van der Waals surface area contributed by atoms with Crippen LogP contribution in [0.15, 0.2) is 17.5 Å². The highest BCUT2D eigenvalue weighted by Gasteiger charge is 2.20. The van der Waals surface area contributed by atoms with Crippen molar-refractivity contribution in [2.24, 2.45) is 11.1 Å². The molecular formula is C15H27N3S. The van der Waals surface area contributed by atoms with E-state index < -0.39 is 0 Å². The highest BCUT2D eigenvalue weighted by atomic mass is 32.1. The zero-order valence-corrected chi connectivity index (χ0v) is 13.2. The van der Waals surface area contributed by atoms with E-state index in [-0.39, 0.29) is 5.41 Å². The number of rotatable bonds is 9. The average Bonchev–Trinajstić information content (AvgIpc) is 2.85. The van der Waals surface area contributed by atoms with Crippen LogP contribution in [0.4, 0.5) is 0 Å². The molecule has 0 aliphatic carbocycles. The van der Waals surface area contributed by atoms with Crippen LogP contribution in [0.3, 0.4) is 0 Å². The minimum Gasteiger partial charge on any atom is -0.387 e. The number of thiophene rings is 1. The van der Waals surface area contributed by atoms with Crippen molar-refractivity contribution >= 4 is 17.2 Å². The van der Waals surface area contributed by atoms with Crippen LogP contribution >= 0.6 is 11.3 Å². The van der Waals surface area contributed by atoms with Crippen LogP contribution in [0.1, 0.15) is 44.9 Å². The first kappa shape index (κ1) is 16.2. The normalized spacial score (nSPS) is 12.0. The second-order valence-corrected chi connectivity index (χ2v) is 6.74. The minimum absolute atomic E-state index is 0.148. The first-order valence-electron chi connectivity index (χ1n) is 7.05. The van der Waals surface area contributed by atoms with Crippen molar-refractivity contribution in [2.75, 3.05) is 13.1 Å². The standard InChI is InChI=1S/C15H27N3S/c1-4-18(12-13-8-7-11-19-13)10-6-5-9-15(2,3)14(16)17/h7-8,11H,4-6,9-10,12H2,1-3H3,(H3,16,17). The molecule has 1 aromatic rings. The van der Waals surface area contributed by atoms with Crippen molar-refractivity contribution in [1.82, 2.24) is 4.90 Å². The van der Waals surface area contributed by atoms with Crippen molar-refractivity contribution < 1.29 is 0 Å². The Kier molecular flexibility index (Phi) is 6.52. The summed E-state index contributed by atoms with van der Waals surface area (Å²) in [6, 6.07) is 4.31. The van der Waals surface area contributed by atoms with E-state index in [1.54, 1.807) is 0 Å². The summed E-state index contributed by atoms with van der Waals surface area (Å²) in [5.74, 6) is 0.304. The molecule has 0 saturated heterocycles. The van der Waals surface area contributed by atoms with Crippen molar-refractivity contribution in [3.63, 3.8) is 0 Å². The molecule has 0 aromatic carbocycles. The number of nitrogens with one attached hydrogen (secondary N) is 1. The lowest BCUT2D eigenvalue weighted by molar-refractivity contribution is 0.270. The van der Waals surface area contributed by atoms with Crippen LogP contribution in [0.2, 0.25) is 0 Å². The van der Waals surface area contributed by atoms with Gasteiger partial charge < -0.3 is 5.73 Å². The van der Waals surface area contributed by atoms with Crippen LogP contribution in [0.25, 0.3) is 0 Å². The molecule has 0 radical (unpaired) electrons. The van der Waals surface area contributed by atoms with E-state index in [0.717, 1.165) is 32.5 Å². The molecule has 1 aromatic heterocycles. The van der Waals surface area contributed by atoms with Gasteiger partial charge in [-0.2, -0.15) is 0 Å². The summed E-state index contributed by atoms with van der Waals surface area (Å²) in [6.45, 7) is 9.60. The van der Waals surface area contributed by atoms with Gasteiger partial charge in [0.15, 0.2) is 0 Å². The van der Waals surface area contributed by atoms with Gasteiger partial charge in [-0.1, -0.05) is 33.3 Å². The third kappa shape index (κ3) is 5.74. The van der Waals surface area contributed by atoms with Crippen molar-refractivity contribution in [3.8, 4) is 0 Å². The minimum atomic E-state index is -0.148. The molecule has 1 heterocycles. The van der Waals surface area contributed by atoms with Gasteiger partial charge in [0.2, 0.25) is 0 Å². The van der Waals surface area contributed by atoms with Gasteiger partial charge in [-0.05, 0) is 37.4 Å². The van der Waals surface area contributed by atoms with Crippen molar-refractivity contribution in [2.45, 2.75) is 46.6 Å². The third-order valence-electron chi connectivity index (χ3n) is 3.66. The summed E-state index contributed by atoms with van der Waals surface area (Å²) < 4.78 is 0. The van der Waals surface area contributed by atoms with Gasteiger partial charge in [0, 0.05) is 16.8 Å². The number of amidine groups is 1. The fourth-order valence-corrected chi connectivity index (χ4v) is 2.76. The highest BCUT2D eigenvalue weighted by Crippen LogP contribution is 2.23. The monoisotopic (exact) mass is 281 g/mol. The molecule has 0 aliphatic rings. The number of nitrogens with two attached hydrogens (primary N) is 1. The van der Waals surface area contributed by atoms with E-state index in [0.29, 0.717) is 5.84 Å². The predicted molar refractivity (Wildman–Crippen MR) is 84.8 cm³/mol. The summed E-state index contributed by atoms with van der Waals surface area (Å²) in [4.78, 5) is 3.91. The Morgan fingerprint density at radius 2 is 2.16 bits per heavy atom. The van der Waals surface area contributed by atoms with Crippen molar-refractivity contribution in [1.29, 1.82) is 5.41 Å². The highest BCUT2D eigenvalue weighted by molar-refractivity contribution is 7.09. The zero-order chi connectivity index (χ0) is 14.3. The number of hydrogen-bond donors (Lipinski definition) is 2. The van der Waals surface area contributed by atoms with E-state index in [2.05, 4.69) is 43.2 Å². The molecule has 3 N–H and O–H groups in total. The van der Waals surface area contributed by atoms with E-state index >= 15 is 0 Å². The Morgan fingerprint density at radius 3 is 2.68 bits per heavy atom. The van der Waals surface area contributed by atoms with Crippen LogP contribution in [0, 0.1) is 10.8 Å². The summed E-state index contributed by atoms with van der Waals surface area (Å²) in [5.41, 5.74) is 5.45. The van der Waals surface area contributed by atoms with Crippen molar-refractivity contribution in [3.05, 3.63) is 22.4 Å². The van der Waals surface area contributed by atoms with Gasteiger partial charge in [0.05, 0.1) is 5.84 Å². The molecule has 0 atom stereocenters. The van der Waals surface area contributed by atoms with E-state index in [1.807, 2.05) is 11.3 Å². The van der Waals surface area contributed by atoms with Gasteiger partial charge >= 0.3 is 0 Å². The fourth-order valence-electron chi connectivity index (χ4n) is 2.01. The molecule has 0 amide bonds. The largest absolute Gasteiger partial charge is 0.387 e. The second-order valence-electron chi connectivity index (χ2n) is 5.70. The molecule has 19 heavy (non-hydrogen) atoms. The third-order valence-corrected chi connectivity index (χ3v) is 4.52. The molecule has 0 fully saturated rings. The maximum absolute atomic E-state index is 7.55. The van der Waals surface area contributed by atoms with Gasteiger partial charge in [0.1, 0.15) is 0 Å². The Bertz CT molecular complexity index is 371. The average molecular weight is 281 g/mol. The molecule has 0 spiro atoms. The van der Waals surface area contributed by atoms with Gasteiger partial charge in [-0.15, -0.1) is 11.3 Å². The topological polar surface area (TPSA) is 53.1 Å². The Labute approximate surface area is 121 Å². The van der Waals surface area contributed by atoms with Gasteiger partial charge in [-0.3, -0.25) is 10.3 Å². The summed E-state index contributed by atoms with van der Waals surface area (Å²) >= 11 is 1.83. The van der Waals surface area contributed by atoms with E-state index in [1.165, 1.54) is 11.3 Å². The second kappa shape index (κ2) is 7.65. The number of hydrogen-bond acceptors (Lipinski definition) is 3. The lowest BCUT2D eigenvalue weighted by Gasteiger charge is -2.24. The SMILES string of the molecule is CCN(CCCCC(C)(C)C(=N)N)Cc1cccs1. The first-order valence-corrected chi connectivity index (χ1v) is 7.93. The van der Waals surface area contributed by atoms with Crippen LogP contribution in [-0.4, -0.2) is 23.8 Å². The maximum atomic E-state index is 7.55. The van der Waals surface area contributed by atoms with Gasteiger partial charge in [0.25, 0.3) is 0 Å². The van der Waals surface area contributed by atoms with Crippen LogP contribution < -0.4 is 5.73 Å². The molecule has 0 bridgehead atoms.